The molecule has 0 spiro atoms. The lowest BCUT2D eigenvalue weighted by Crippen LogP contribution is -2.18. The number of rotatable bonds is 4. The molecule has 0 radical (unpaired) electrons. The van der Waals surface area contributed by atoms with Crippen molar-refractivity contribution in [2.24, 2.45) is 5.73 Å². The normalized spacial score (nSPS) is 12.8. The lowest BCUT2D eigenvalue weighted by molar-refractivity contribution is -0.275. The molecule has 1 aromatic carbocycles. The molecule has 2 nitrogen and oxygen atoms in total. The first-order chi connectivity index (χ1) is 7.83. The third kappa shape index (κ3) is 5.05. The Morgan fingerprint density at radius 1 is 1.28 bits per heavy atom. The number of hydrogen-bond acceptors (Lipinski definition) is 2. The van der Waals surface area contributed by atoms with Crippen molar-refractivity contribution in [1.29, 1.82) is 0 Å². The smallest absolute Gasteiger partial charge is 0.403 e. The molecule has 0 aromatic heterocycles. The number of nitrogens with two attached hydrogens (primary N) is 1. The van der Waals surface area contributed by atoms with Crippen LogP contribution in [0.3, 0.4) is 0 Å². The lowest BCUT2D eigenvalue weighted by Gasteiger charge is -2.13. The Balaban J connectivity index is 0.00000289. The second kappa shape index (κ2) is 6.75. The maximum absolute atomic E-state index is 13.2. The Bertz CT molecular complexity index is 385. The van der Waals surface area contributed by atoms with Crippen LogP contribution in [0.5, 0.6) is 5.75 Å². The third-order valence-corrected chi connectivity index (χ3v) is 2.03. The molecule has 1 rings (SSSR count). The van der Waals surface area contributed by atoms with Crippen LogP contribution >= 0.6 is 12.4 Å². The van der Waals surface area contributed by atoms with Gasteiger partial charge in [0.05, 0.1) is 6.67 Å². The van der Waals surface area contributed by atoms with Crippen molar-refractivity contribution >= 4 is 12.4 Å². The van der Waals surface area contributed by atoms with Crippen LogP contribution in [0.15, 0.2) is 18.2 Å². The second-order valence-corrected chi connectivity index (χ2v) is 3.32. The Labute approximate surface area is 106 Å². The van der Waals surface area contributed by atoms with Crippen LogP contribution in [0.1, 0.15) is 18.0 Å². The summed E-state index contributed by atoms with van der Waals surface area (Å²) in [5, 5.41) is 0. The Hall–Kier alpha value is -1.08. The first kappa shape index (κ1) is 16.9. The Kier molecular flexibility index (Phi) is 6.34. The summed E-state index contributed by atoms with van der Waals surface area (Å²) in [6.07, 6.45) is -4.98. The minimum Gasteiger partial charge on any atom is -0.403 e. The summed E-state index contributed by atoms with van der Waals surface area (Å²) in [5.74, 6) is -2.12. The van der Waals surface area contributed by atoms with Crippen LogP contribution in [-0.2, 0) is 0 Å². The van der Waals surface area contributed by atoms with Crippen LogP contribution in [-0.4, -0.2) is 13.0 Å². The fourth-order valence-corrected chi connectivity index (χ4v) is 1.24. The highest BCUT2D eigenvalue weighted by molar-refractivity contribution is 5.85. The fraction of sp³-hybridized carbons (Fsp3) is 0.400. The van der Waals surface area contributed by atoms with Crippen LogP contribution < -0.4 is 10.5 Å². The van der Waals surface area contributed by atoms with Gasteiger partial charge in [-0.3, -0.25) is 4.39 Å². The van der Waals surface area contributed by atoms with Gasteiger partial charge in [0.2, 0.25) is 0 Å². The summed E-state index contributed by atoms with van der Waals surface area (Å²) in [4.78, 5) is 0. The summed E-state index contributed by atoms with van der Waals surface area (Å²) >= 11 is 0. The van der Waals surface area contributed by atoms with E-state index in [4.69, 9.17) is 5.73 Å². The molecule has 1 aromatic rings. The fourth-order valence-electron chi connectivity index (χ4n) is 1.24. The largest absolute Gasteiger partial charge is 0.573 e. The molecule has 0 unspecified atom stereocenters. The van der Waals surface area contributed by atoms with Gasteiger partial charge in [0.1, 0.15) is 0 Å². The molecule has 0 saturated heterocycles. The van der Waals surface area contributed by atoms with Crippen molar-refractivity contribution in [2.75, 3.05) is 6.67 Å². The molecule has 18 heavy (non-hydrogen) atoms. The first-order valence-corrected chi connectivity index (χ1v) is 4.70. The maximum atomic E-state index is 13.2. The Morgan fingerprint density at radius 2 is 1.89 bits per heavy atom. The molecule has 0 saturated carbocycles. The zero-order chi connectivity index (χ0) is 13.1. The number of halogens is 6. The molecule has 1 atom stereocenters. The molecular formula is C10H11ClF5NO. The number of hydrogen-bond donors (Lipinski definition) is 1. The van der Waals surface area contributed by atoms with Crippen molar-refractivity contribution in [2.45, 2.75) is 18.8 Å². The highest BCUT2D eigenvalue weighted by atomic mass is 35.5. The summed E-state index contributed by atoms with van der Waals surface area (Å²) in [6.45, 7) is -0.691. The molecule has 104 valence electrons. The van der Waals surface area contributed by atoms with Gasteiger partial charge in [-0.15, -0.1) is 25.6 Å². The molecule has 0 bridgehead atoms. The van der Waals surface area contributed by atoms with Crippen LogP contribution in [0.4, 0.5) is 22.0 Å². The zero-order valence-corrected chi connectivity index (χ0v) is 9.82. The molecule has 2 N–H and O–H groups in total. The van der Waals surface area contributed by atoms with Gasteiger partial charge in [0, 0.05) is 6.04 Å². The third-order valence-electron chi connectivity index (χ3n) is 2.03. The van der Waals surface area contributed by atoms with Crippen molar-refractivity contribution in [3.05, 3.63) is 29.6 Å². The molecule has 8 heteroatoms. The van der Waals surface area contributed by atoms with Gasteiger partial charge >= 0.3 is 6.36 Å². The van der Waals surface area contributed by atoms with E-state index in [1.165, 1.54) is 6.07 Å². The first-order valence-electron chi connectivity index (χ1n) is 4.70. The van der Waals surface area contributed by atoms with E-state index >= 15 is 0 Å². The van der Waals surface area contributed by atoms with Gasteiger partial charge in [0.25, 0.3) is 0 Å². The van der Waals surface area contributed by atoms with Crippen LogP contribution in [0, 0.1) is 5.82 Å². The van der Waals surface area contributed by atoms with E-state index < -0.39 is 30.6 Å². The van der Waals surface area contributed by atoms with Gasteiger partial charge < -0.3 is 10.5 Å². The minimum atomic E-state index is -4.95. The molecule has 0 aliphatic heterocycles. The molecule has 0 fully saturated rings. The van der Waals surface area contributed by atoms with Crippen LogP contribution in [0.25, 0.3) is 0 Å². The van der Waals surface area contributed by atoms with E-state index in [0.29, 0.717) is 0 Å². The summed E-state index contributed by atoms with van der Waals surface area (Å²) < 4.78 is 64.1. The van der Waals surface area contributed by atoms with Gasteiger partial charge in [-0.2, -0.15) is 0 Å². The zero-order valence-electron chi connectivity index (χ0n) is 9.01. The van der Waals surface area contributed by atoms with Gasteiger partial charge in [-0.1, -0.05) is 6.07 Å². The summed E-state index contributed by atoms with van der Waals surface area (Å²) in [5.41, 5.74) is 5.70. The predicted octanol–water partition coefficient (Wildman–Crippen LogP) is 3.51. The van der Waals surface area contributed by atoms with E-state index in [9.17, 15) is 22.0 Å². The highest BCUT2D eigenvalue weighted by Crippen LogP contribution is 2.27. The lowest BCUT2D eigenvalue weighted by atomic mass is 10.1. The van der Waals surface area contributed by atoms with E-state index in [-0.39, 0.29) is 24.4 Å². The van der Waals surface area contributed by atoms with Crippen LogP contribution in [0.2, 0.25) is 0 Å². The van der Waals surface area contributed by atoms with Crippen molar-refractivity contribution < 1.29 is 26.7 Å². The summed E-state index contributed by atoms with van der Waals surface area (Å²) in [7, 11) is 0. The molecular weight excluding hydrogens is 281 g/mol. The Morgan fingerprint density at radius 3 is 2.33 bits per heavy atom. The predicted molar refractivity (Wildman–Crippen MR) is 57.9 cm³/mol. The molecule has 0 aliphatic rings. The number of benzene rings is 1. The number of ether oxygens (including phenoxy) is 1. The quantitative estimate of drug-likeness (QED) is 0.862. The average molecular weight is 292 g/mol. The van der Waals surface area contributed by atoms with Crippen molar-refractivity contribution in [1.82, 2.24) is 0 Å². The van der Waals surface area contributed by atoms with E-state index in [2.05, 4.69) is 4.74 Å². The van der Waals surface area contributed by atoms with Crippen molar-refractivity contribution in [3.63, 3.8) is 0 Å². The topological polar surface area (TPSA) is 35.2 Å². The van der Waals surface area contributed by atoms with Crippen molar-refractivity contribution in [3.8, 4) is 5.75 Å². The van der Waals surface area contributed by atoms with Gasteiger partial charge in [0.15, 0.2) is 11.6 Å². The van der Waals surface area contributed by atoms with E-state index in [0.717, 1.165) is 12.1 Å². The average Bonchev–Trinajstić information content (AvgIpc) is 2.19. The van der Waals surface area contributed by atoms with Gasteiger partial charge in [-0.25, -0.2) is 4.39 Å². The summed E-state index contributed by atoms with van der Waals surface area (Å²) in [6, 6.07) is 2.04. The standard InChI is InChI=1S/C10H10F5NO.ClH/c11-4-3-8(16)6-1-2-9(7(12)5-6)17-10(13,14)15;/h1-2,5,8H,3-4,16H2;1H/t8-;/m1./s1. The monoisotopic (exact) mass is 291 g/mol. The SMILES string of the molecule is Cl.N[C@H](CCF)c1ccc(OC(F)(F)F)c(F)c1. The molecule has 0 heterocycles. The molecule has 0 aliphatic carbocycles. The highest BCUT2D eigenvalue weighted by Gasteiger charge is 2.32. The second-order valence-electron chi connectivity index (χ2n) is 3.32. The maximum Gasteiger partial charge on any atom is 0.573 e. The number of alkyl halides is 4. The van der Waals surface area contributed by atoms with Gasteiger partial charge in [-0.05, 0) is 24.1 Å². The van der Waals surface area contributed by atoms with E-state index in [1.807, 2.05) is 0 Å². The van der Waals surface area contributed by atoms with E-state index in [1.54, 1.807) is 0 Å². The minimum absolute atomic E-state index is 0. The molecule has 0 amide bonds.